The Kier molecular flexibility index (Phi) is 16.3. The van der Waals surface area contributed by atoms with Gasteiger partial charge in [-0.15, -0.1) is 6.58 Å². The van der Waals surface area contributed by atoms with Crippen LogP contribution in [0.5, 0.6) is 0 Å². The Balaban J connectivity index is 0.000000489. The summed E-state index contributed by atoms with van der Waals surface area (Å²) in [5.74, 6) is 6.76. The van der Waals surface area contributed by atoms with Crippen molar-refractivity contribution >= 4 is 24.0 Å². The van der Waals surface area contributed by atoms with Crippen molar-refractivity contribution in [1.82, 2.24) is 0 Å². The van der Waals surface area contributed by atoms with Gasteiger partial charge in [0, 0.05) is 0 Å². The summed E-state index contributed by atoms with van der Waals surface area (Å²) in [5, 5.41) is 0. The van der Waals surface area contributed by atoms with E-state index in [0.717, 1.165) is 41.4 Å². The van der Waals surface area contributed by atoms with E-state index in [1.165, 1.54) is 25.7 Å². The van der Waals surface area contributed by atoms with Crippen LogP contribution >= 0.6 is 19.4 Å². The van der Waals surface area contributed by atoms with Crippen molar-refractivity contribution in [2.45, 2.75) is 53.4 Å². The fourth-order valence-electron chi connectivity index (χ4n) is 6.03. The van der Waals surface area contributed by atoms with Crippen LogP contribution in [0.3, 0.4) is 0 Å². The second-order valence-corrected chi connectivity index (χ2v) is 15.0. The minimum Gasteiger partial charge on any atom is -0.358 e. The zero-order valence-electron chi connectivity index (χ0n) is 21.0. The third-order valence-corrected chi connectivity index (χ3v) is 9.91. The second kappa shape index (κ2) is 16.4. The number of halogens is 2. The molecule has 3 heteroatoms. The minimum atomic E-state index is -1.36. The molecular weight excluding hydrogens is 520 g/mol. The van der Waals surface area contributed by atoms with Gasteiger partial charge in [-0.05, 0) is 80.5 Å². The van der Waals surface area contributed by atoms with Gasteiger partial charge in [0.1, 0.15) is 0 Å². The van der Waals surface area contributed by atoms with E-state index in [9.17, 15) is 0 Å². The summed E-state index contributed by atoms with van der Waals surface area (Å²) in [4.78, 5) is 0. The molecule has 2 saturated carbocycles. The number of rotatable bonds is 4. The molecule has 186 valence electrons. The first-order chi connectivity index (χ1) is 14.5. The van der Waals surface area contributed by atoms with Gasteiger partial charge < -0.3 is 14.9 Å². The molecule has 0 aromatic carbocycles. The monoisotopic (exact) mass is 566 g/mol. The normalized spacial score (nSPS) is 35.9. The predicted molar refractivity (Wildman–Crippen MR) is 146 cm³/mol. The van der Waals surface area contributed by atoms with Gasteiger partial charge in [0.05, 0.1) is 0 Å². The molecule has 32 heavy (non-hydrogen) atoms. The van der Waals surface area contributed by atoms with Crippen LogP contribution in [0.4, 0.5) is 0 Å². The van der Waals surface area contributed by atoms with Crippen LogP contribution in [-0.4, -0.2) is 4.61 Å². The minimum absolute atomic E-state index is 0. The van der Waals surface area contributed by atoms with Gasteiger partial charge in [-0.3, -0.25) is 0 Å². The zero-order valence-corrected chi connectivity index (χ0v) is 24.3. The molecular formula is C29H46Cl2Ru-2. The Hall–Kier alpha value is -0.227. The van der Waals surface area contributed by atoms with Crippen molar-refractivity contribution in [2.75, 3.05) is 0 Å². The molecule has 4 rings (SSSR count). The fourth-order valence-corrected chi connectivity index (χ4v) is 6.03. The SMILES string of the molecule is C1=CC2C3C=CC(C3)C2C1.C=CC1CC(/C=C/C)C(/C=C/C)C1CC.C[CH]=[Ru]([Cl])[Cl].[CH3-].[CH3-]. The predicted octanol–water partition coefficient (Wildman–Crippen LogP) is 9.62. The molecule has 0 heterocycles. The molecule has 2 bridgehead atoms. The summed E-state index contributed by atoms with van der Waals surface area (Å²) in [6.07, 6.45) is 26.4. The van der Waals surface area contributed by atoms with Gasteiger partial charge in [-0.25, -0.2) is 0 Å². The molecule has 0 amide bonds. The first-order valence-corrected chi connectivity index (χ1v) is 17.0. The van der Waals surface area contributed by atoms with Crippen LogP contribution in [0.2, 0.25) is 0 Å². The van der Waals surface area contributed by atoms with Crippen LogP contribution in [0.1, 0.15) is 53.4 Å². The fraction of sp³-hybridized carbons (Fsp3) is 0.552. The van der Waals surface area contributed by atoms with Crippen LogP contribution in [0, 0.1) is 62.2 Å². The molecule has 0 aromatic rings. The van der Waals surface area contributed by atoms with Gasteiger partial charge in [0.15, 0.2) is 0 Å². The maximum atomic E-state index is 5.32. The van der Waals surface area contributed by atoms with Crippen molar-refractivity contribution in [3.63, 3.8) is 0 Å². The topological polar surface area (TPSA) is 0 Å². The first kappa shape index (κ1) is 31.8. The molecule has 8 atom stereocenters. The maximum Gasteiger partial charge on any atom is -0.358 e. The molecule has 0 spiro atoms. The average molecular weight is 567 g/mol. The molecule has 0 saturated heterocycles. The average Bonchev–Trinajstić information content (AvgIpc) is 3.51. The second-order valence-electron chi connectivity index (χ2n) is 8.76. The molecule has 0 N–H and O–H groups in total. The quantitative estimate of drug-likeness (QED) is 0.181. The summed E-state index contributed by atoms with van der Waals surface area (Å²) < 4.78 is 1.84. The number of allylic oxidation sites excluding steroid dienone is 9. The molecule has 0 radical (unpaired) electrons. The van der Waals surface area contributed by atoms with Crippen molar-refractivity contribution < 1.29 is 13.5 Å². The summed E-state index contributed by atoms with van der Waals surface area (Å²) in [6.45, 7) is 12.4. The first-order valence-electron chi connectivity index (χ1n) is 11.5. The van der Waals surface area contributed by atoms with Crippen LogP contribution in [0.15, 0.2) is 61.3 Å². The molecule has 8 unspecified atom stereocenters. The van der Waals surface area contributed by atoms with E-state index in [1.807, 2.05) is 11.5 Å². The number of fused-ring (bicyclic) bond motifs is 5. The van der Waals surface area contributed by atoms with Gasteiger partial charge in [0.25, 0.3) is 0 Å². The van der Waals surface area contributed by atoms with E-state index in [1.54, 1.807) is 0 Å². The molecule has 0 aromatic heterocycles. The van der Waals surface area contributed by atoms with Crippen molar-refractivity contribution in [2.24, 2.45) is 47.3 Å². The third kappa shape index (κ3) is 8.22. The van der Waals surface area contributed by atoms with Crippen LogP contribution in [-0.2, 0) is 13.5 Å². The number of hydrogen-bond donors (Lipinski definition) is 0. The van der Waals surface area contributed by atoms with Crippen molar-refractivity contribution in [1.29, 1.82) is 0 Å². The Labute approximate surface area is 213 Å². The van der Waals surface area contributed by atoms with Gasteiger partial charge in [0.2, 0.25) is 0 Å². The van der Waals surface area contributed by atoms with Gasteiger partial charge in [-0.1, -0.05) is 68.0 Å². The van der Waals surface area contributed by atoms with Crippen LogP contribution < -0.4 is 0 Å². The third-order valence-electron chi connectivity index (χ3n) is 7.32. The Morgan fingerprint density at radius 1 is 0.938 bits per heavy atom. The van der Waals surface area contributed by atoms with E-state index in [2.05, 4.69) is 82.0 Å². The van der Waals surface area contributed by atoms with E-state index in [-0.39, 0.29) is 14.9 Å². The molecule has 0 nitrogen and oxygen atoms in total. The van der Waals surface area contributed by atoms with Gasteiger partial charge in [-0.2, -0.15) is 0 Å². The van der Waals surface area contributed by atoms with Gasteiger partial charge >= 0.3 is 44.4 Å². The van der Waals surface area contributed by atoms with E-state index >= 15 is 0 Å². The summed E-state index contributed by atoms with van der Waals surface area (Å²) >= 11 is -1.36. The Bertz CT molecular complexity index is 683. The Morgan fingerprint density at radius 3 is 2.06 bits per heavy atom. The maximum absolute atomic E-state index is 5.32. The van der Waals surface area contributed by atoms with Crippen molar-refractivity contribution in [3.8, 4) is 0 Å². The molecule has 2 fully saturated rings. The smallest absolute Gasteiger partial charge is 0.358 e. The van der Waals surface area contributed by atoms with E-state index < -0.39 is 13.5 Å². The summed E-state index contributed by atoms with van der Waals surface area (Å²) in [7, 11) is 10.6. The van der Waals surface area contributed by atoms with E-state index in [0.29, 0.717) is 5.92 Å². The van der Waals surface area contributed by atoms with Crippen LogP contribution in [0.25, 0.3) is 0 Å². The zero-order chi connectivity index (χ0) is 22.1. The molecule has 0 aliphatic heterocycles. The largest absolute Gasteiger partial charge is 0.358 e. The molecule has 4 aliphatic rings. The summed E-state index contributed by atoms with van der Waals surface area (Å²) in [6, 6.07) is 0. The Morgan fingerprint density at radius 2 is 1.56 bits per heavy atom. The van der Waals surface area contributed by atoms with E-state index in [4.69, 9.17) is 19.4 Å². The van der Waals surface area contributed by atoms with Crippen molar-refractivity contribution in [3.05, 3.63) is 76.1 Å². The standard InChI is InChI=1S/C15H24.C10H12.C2H4.2CH3.2ClH.Ru/c1-5-9-13-11-12(7-3)14(8-4)15(13)10-6-2;1-2-9-7-4-5-8(6-7)10(9)3-1;1-2;;;;;/h5-7,9-10,12-15H,3,8,11H2,1-2,4H3;1-2,4-5,7-10H,3,6H2;1H,2H3;2*1H3;2*1H;/q;;;2*-1;;;+2/p-2/b9-5+,10-6+;;;;;;;. The molecule has 4 aliphatic carbocycles. The summed E-state index contributed by atoms with van der Waals surface area (Å²) in [5.41, 5.74) is 0. The number of hydrogen-bond acceptors (Lipinski definition) is 0.